The van der Waals surface area contributed by atoms with Crippen molar-refractivity contribution in [1.29, 1.82) is 0 Å². The lowest BCUT2D eigenvalue weighted by atomic mass is 10.2. The Labute approximate surface area is 124 Å². The average molecular weight is 292 g/mol. The number of benzene rings is 1. The van der Waals surface area contributed by atoms with Gasteiger partial charge in [-0.05, 0) is 18.6 Å². The maximum absolute atomic E-state index is 5.82. The molecule has 0 aliphatic carbocycles. The molecule has 0 fully saturated rings. The Kier molecular flexibility index (Phi) is 5.62. The number of anilines is 2. The van der Waals surface area contributed by atoms with Crippen molar-refractivity contribution >= 4 is 23.1 Å². The monoisotopic (exact) mass is 291 g/mol. The molecule has 0 bridgehead atoms. The molecule has 0 saturated heterocycles. The predicted octanol–water partition coefficient (Wildman–Crippen LogP) is 4.44. The van der Waals surface area contributed by atoms with E-state index in [-0.39, 0.29) is 0 Å². The molecule has 5 heteroatoms. The first-order chi connectivity index (χ1) is 9.78. The Balaban J connectivity index is 1.95. The molecule has 0 aliphatic rings. The van der Waals surface area contributed by atoms with Gasteiger partial charge in [-0.15, -0.1) is 0 Å². The van der Waals surface area contributed by atoms with Crippen molar-refractivity contribution < 1.29 is 4.74 Å². The lowest BCUT2D eigenvalue weighted by Crippen LogP contribution is -1.98. The molecular formula is C15H18ClN3O. The van der Waals surface area contributed by atoms with Crippen LogP contribution < -0.4 is 10.1 Å². The summed E-state index contributed by atoms with van der Waals surface area (Å²) in [7, 11) is 0. The second-order valence-electron chi connectivity index (χ2n) is 4.43. The van der Waals surface area contributed by atoms with Crippen molar-refractivity contribution in [3.63, 3.8) is 0 Å². The van der Waals surface area contributed by atoms with E-state index < -0.39 is 0 Å². The standard InChI is InChI=1S/C15H18ClN3O/c1-2-3-4-8-20-13-7-5-6-12(9-13)19-15-10-14(16)17-11-18-15/h5-7,9-11H,2-4,8H2,1H3,(H,17,18,19). The molecule has 4 nitrogen and oxygen atoms in total. The van der Waals surface area contributed by atoms with Crippen molar-refractivity contribution in [3.8, 4) is 5.75 Å². The largest absolute Gasteiger partial charge is 0.494 e. The minimum absolute atomic E-state index is 0.412. The summed E-state index contributed by atoms with van der Waals surface area (Å²) in [5, 5.41) is 3.58. The summed E-state index contributed by atoms with van der Waals surface area (Å²) in [6, 6.07) is 9.47. The highest BCUT2D eigenvalue weighted by Gasteiger charge is 2.00. The van der Waals surface area contributed by atoms with Crippen molar-refractivity contribution in [2.45, 2.75) is 26.2 Å². The third kappa shape index (κ3) is 4.70. The number of nitrogens with one attached hydrogen (secondary N) is 1. The highest BCUT2D eigenvalue weighted by Crippen LogP contribution is 2.21. The molecule has 106 valence electrons. The van der Waals surface area contributed by atoms with Crippen molar-refractivity contribution in [1.82, 2.24) is 9.97 Å². The minimum atomic E-state index is 0.412. The molecule has 0 radical (unpaired) electrons. The number of hydrogen-bond donors (Lipinski definition) is 1. The molecule has 0 unspecified atom stereocenters. The number of ether oxygens (including phenoxy) is 1. The molecular weight excluding hydrogens is 274 g/mol. The second kappa shape index (κ2) is 7.70. The maximum atomic E-state index is 5.82. The zero-order valence-electron chi connectivity index (χ0n) is 11.5. The molecule has 1 aromatic carbocycles. The van der Waals surface area contributed by atoms with Crippen LogP contribution in [-0.4, -0.2) is 16.6 Å². The summed E-state index contributed by atoms with van der Waals surface area (Å²) in [5.74, 6) is 1.51. The van der Waals surface area contributed by atoms with E-state index in [0.29, 0.717) is 11.0 Å². The number of halogens is 1. The Morgan fingerprint density at radius 1 is 1.20 bits per heavy atom. The molecule has 0 atom stereocenters. The number of aromatic nitrogens is 2. The molecule has 1 aromatic heterocycles. The molecule has 1 heterocycles. The average Bonchev–Trinajstić information content (AvgIpc) is 2.44. The minimum Gasteiger partial charge on any atom is -0.494 e. The maximum Gasteiger partial charge on any atom is 0.135 e. The van der Waals surface area contributed by atoms with Crippen LogP contribution in [0.2, 0.25) is 5.15 Å². The topological polar surface area (TPSA) is 47.0 Å². The third-order valence-corrected chi connectivity index (χ3v) is 2.96. The van der Waals surface area contributed by atoms with Gasteiger partial charge in [0.2, 0.25) is 0 Å². The fourth-order valence-electron chi connectivity index (χ4n) is 1.76. The highest BCUT2D eigenvalue weighted by molar-refractivity contribution is 6.29. The molecule has 0 amide bonds. The second-order valence-corrected chi connectivity index (χ2v) is 4.82. The van der Waals surface area contributed by atoms with Crippen LogP contribution in [0.3, 0.4) is 0 Å². The smallest absolute Gasteiger partial charge is 0.135 e. The quantitative estimate of drug-likeness (QED) is 0.605. The SMILES string of the molecule is CCCCCOc1cccc(Nc2cc(Cl)ncn2)c1. The Bertz CT molecular complexity index is 548. The first-order valence-electron chi connectivity index (χ1n) is 6.75. The van der Waals surface area contributed by atoms with Gasteiger partial charge in [-0.25, -0.2) is 9.97 Å². The molecule has 0 saturated carbocycles. The normalized spacial score (nSPS) is 10.3. The zero-order chi connectivity index (χ0) is 14.2. The van der Waals surface area contributed by atoms with E-state index in [0.717, 1.165) is 24.5 Å². The molecule has 0 aliphatic heterocycles. The number of hydrogen-bond acceptors (Lipinski definition) is 4. The molecule has 1 N–H and O–H groups in total. The Hall–Kier alpha value is -1.81. The number of nitrogens with zero attached hydrogens (tertiary/aromatic N) is 2. The van der Waals surface area contributed by atoms with Gasteiger partial charge in [0.25, 0.3) is 0 Å². The van der Waals surface area contributed by atoms with Crippen LogP contribution in [-0.2, 0) is 0 Å². The van der Waals surface area contributed by atoms with Gasteiger partial charge in [-0.2, -0.15) is 0 Å². The first-order valence-corrected chi connectivity index (χ1v) is 7.13. The summed E-state index contributed by atoms with van der Waals surface area (Å²) < 4.78 is 5.71. The highest BCUT2D eigenvalue weighted by atomic mass is 35.5. The fourth-order valence-corrected chi connectivity index (χ4v) is 1.90. The van der Waals surface area contributed by atoms with E-state index in [9.17, 15) is 0 Å². The third-order valence-electron chi connectivity index (χ3n) is 2.76. The van der Waals surface area contributed by atoms with E-state index in [4.69, 9.17) is 16.3 Å². The summed E-state index contributed by atoms with van der Waals surface area (Å²) in [6.45, 7) is 2.92. The van der Waals surface area contributed by atoms with Gasteiger partial charge in [0.15, 0.2) is 0 Å². The lowest BCUT2D eigenvalue weighted by Gasteiger charge is -2.09. The predicted molar refractivity (Wildman–Crippen MR) is 81.8 cm³/mol. The first kappa shape index (κ1) is 14.6. The summed E-state index contributed by atoms with van der Waals surface area (Å²) in [4.78, 5) is 7.95. The van der Waals surface area contributed by atoms with Gasteiger partial charge in [0.1, 0.15) is 23.0 Å². The van der Waals surface area contributed by atoms with E-state index in [2.05, 4.69) is 22.2 Å². The van der Waals surface area contributed by atoms with E-state index in [1.54, 1.807) is 6.07 Å². The Morgan fingerprint density at radius 2 is 2.10 bits per heavy atom. The van der Waals surface area contributed by atoms with Crippen molar-refractivity contribution in [3.05, 3.63) is 41.8 Å². The number of rotatable bonds is 7. The van der Waals surface area contributed by atoms with Gasteiger partial charge in [0, 0.05) is 17.8 Å². The number of unbranched alkanes of at least 4 members (excludes halogenated alkanes) is 2. The summed E-state index contributed by atoms with van der Waals surface area (Å²) in [6.07, 6.45) is 4.89. The van der Waals surface area contributed by atoms with Crippen LogP contribution in [0, 0.1) is 0 Å². The zero-order valence-corrected chi connectivity index (χ0v) is 12.2. The van der Waals surface area contributed by atoms with Gasteiger partial charge in [-0.1, -0.05) is 37.4 Å². The van der Waals surface area contributed by atoms with Crippen LogP contribution in [0.25, 0.3) is 0 Å². The molecule has 20 heavy (non-hydrogen) atoms. The fraction of sp³-hybridized carbons (Fsp3) is 0.333. The van der Waals surface area contributed by atoms with Gasteiger partial charge in [0.05, 0.1) is 6.61 Å². The van der Waals surface area contributed by atoms with E-state index >= 15 is 0 Å². The van der Waals surface area contributed by atoms with Crippen LogP contribution in [0.5, 0.6) is 5.75 Å². The molecule has 0 spiro atoms. The van der Waals surface area contributed by atoms with Crippen LogP contribution in [0.1, 0.15) is 26.2 Å². The lowest BCUT2D eigenvalue weighted by molar-refractivity contribution is 0.306. The van der Waals surface area contributed by atoms with Crippen LogP contribution in [0.4, 0.5) is 11.5 Å². The Morgan fingerprint density at radius 3 is 2.90 bits per heavy atom. The van der Waals surface area contributed by atoms with Crippen LogP contribution in [0.15, 0.2) is 36.7 Å². The molecule has 2 aromatic rings. The summed E-state index contributed by atoms with van der Waals surface area (Å²) in [5.41, 5.74) is 0.910. The van der Waals surface area contributed by atoms with Gasteiger partial charge in [-0.3, -0.25) is 0 Å². The summed E-state index contributed by atoms with van der Waals surface area (Å²) >= 11 is 5.82. The van der Waals surface area contributed by atoms with Gasteiger partial charge < -0.3 is 10.1 Å². The van der Waals surface area contributed by atoms with E-state index in [1.807, 2.05) is 24.3 Å². The van der Waals surface area contributed by atoms with Crippen LogP contribution >= 0.6 is 11.6 Å². The van der Waals surface area contributed by atoms with Crippen molar-refractivity contribution in [2.24, 2.45) is 0 Å². The van der Waals surface area contributed by atoms with Crippen molar-refractivity contribution in [2.75, 3.05) is 11.9 Å². The van der Waals surface area contributed by atoms with E-state index in [1.165, 1.54) is 19.2 Å². The molecule has 2 rings (SSSR count). The van der Waals surface area contributed by atoms with Gasteiger partial charge >= 0.3 is 0 Å².